The Hall–Kier alpha value is -1.01. The first-order chi connectivity index (χ1) is 10.1. The molecule has 4 nitrogen and oxygen atoms in total. The number of nitrogens with zero attached hydrogens (tertiary/aromatic N) is 1. The van der Waals surface area contributed by atoms with Gasteiger partial charge in [-0.1, -0.05) is 6.92 Å². The van der Waals surface area contributed by atoms with Crippen LogP contribution in [0.25, 0.3) is 0 Å². The molecular formula is C15H19NO3S2. The van der Waals surface area contributed by atoms with Gasteiger partial charge in [-0.25, -0.2) is 4.79 Å². The molecular weight excluding hydrogens is 306 g/mol. The lowest BCUT2D eigenvalue weighted by molar-refractivity contribution is -0.149. The Kier molecular flexibility index (Phi) is 4.26. The maximum atomic E-state index is 13.0. The van der Waals surface area contributed by atoms with Gasteiger partial charge < -0.3 is 10.0 Å². The summed E-state index contributed by atoms with van der Waals surface area (Å²) in [7, 11) is 0. The van der Waals surface area contributed by atoms with Gasteiger partial charge >= 0.3 is 5.97 Å². The number of rotatable bonds is 3. The van der Waals surface area contributed by atoms with E-state index in [1.54, 1.807) is 28.0 Å². The fourth-order valence-corrected chi connectivity index (χ4v) is 5.63. The lowest BCUT2D eigenvalue weighted by Gasteiger charge is -2.32. The molecule has 1 N–H and O–H groups in total. The highest BCUT2D eigenvalue weighted by atomic mass is 32.2. The molecule has 0 radical (unpaired) electrons. The summed E-state index contributed by atoms with van der Waals surface area (Å²) >= 11 is 3.30. The van der Waals surface area contributed by atoms with Crippen LogP contribution in [-0.2, 0) is 16.0 Å². The van der Waals surface area contributed by atoms with E-state index < -0.39 is 12.0 Å². The predicted octanol–water partition coefficient (Wildman–Crippen LogP) is 2.93. The molecule has 1 aliphatic carbocycles. The highest BCUT2D eigenvalue weighted by molar-refractivity contribution is 8.00. The number of carboxylic acids is 1. The molecule has 1 saturated heterocycles. The van der Waals surface area contributed by atoms with Crippen LogP contribution in [0.2, 0.25) is 0 Å². The second-order valence-electron chi connectivity index (χ2n) is 5.54. The van der Waals surface area contributed by atoms with Gasteiger partial charge in [0.2, 0.25) is 5.91 Å². The molecule has 1 fully saturated rings. The van der Waals surface area contributed by atoms with E-state index in [0.717, 1.165) is 31.2 Å². The minimum absolute atomic E-state index is 0.00242. The number of aliphatic carboxylic acids is 1. The standard InChI is InChI=1S/C15H19NO3S2/c1-2-13-16(11(8-21-13)15(18)19)14(17)10-4-3-5-12-9(10)6-7-20-12/h6-7,10-11,13H,2-5,8H2,1H3,(H,18,19). The van der Waals surface area contributed by atoms with E-state index in [9.17, 15) is 14.7 Å². The number of hydrogen-bond donors (Lipinski definition) is 1. The Balaban J connectivity index is 1.89. The minimum atomic E-state index is -0.881. The van der Waals surface area contributed by atoms with Crippen LogP contribution in [0.15, 0.2) is 11.4 Å². The number of thioether (sulfide) groups is 1. The van der Waals surface area contributed by atoms with E-state index >= 15 is 0 Å². The molecule has 0 saturated carbocycles. The van der Waals surface area contributed by atoms with Crippen molar-refractivity contribution in [2.24, 2.45) is 0 Å². The van der Waals surface area contributed by atoms with Gasteiger partial charge in [0.05, 0.1) is 11.3 Å². The second-order valence-corrected chi connectivity index (χ2v) is 7.75. The molecule has 114 valence electrons. The van der Waals surface area contributed by atoms with Crippen LogP contribution in [0.3, 0.4) is 0 Å². The third-order valence-electron chi connectivity index (χ3n) is 4.33. The van der Waals surface area contributed by atoms with Crippen LogP contribution < -0.4 is 0 Å². The summed E-state index contributed by atoms with van der Waals surface area (Å²) in [4.78, 5) is 27.4. The van der Waals surface area contributed by atoms with Crippen LogP contribution in [0.5, 0.6) is 0 Å². The minimum Gasteiger partial charge on any atom is -0.480 e. The van der Waals surface area contributed by atoms with Crippen molar-refractivity contribution >= 4 is 35.0 Å². The summed E-state index contributed by atoms with van der Waals surface area (Å²) in [6.45, 7) is 2.01. The van der Waals surface area contributed by atoms with Gasteiger partial charge in [-0.3, -0.25) is 4.79 Å². The molecule has 3 atom stereocenters. The van der Waals surface area contributed by atoms with Crippen molar-refractivity contribution < 1.29 is 14.7 Å². The number of amides is 1. The van der Waals surface area contributed by atoms with Crippen molar-refractivity contribution in [2.75, 3.05) is 5.75 Å². The Morgan fingerprint density at radius 1 is 1.48 bits per heavy atom. The zero-order chi connectivity index (χ0) is 15.0. The fourth-order valence-electron chi connectivity index (χ4n) is 3.29. The van der Waals surface area contributed by atoms with E-state index in [0.29, 0.717) is 5.75 Å². The lowest BCUT2D eigenvalue weighted by Crippen LogP contribution is -2.47. The summed E-state index contributed by atoms with van der Waals surface area (Å²) in [5.41, 5.74) is 1.13. The smallest absolute Gasteiger partial charge is 0.327 e. The molecule has 1 aliphatic heterocycles. The first kappa shape index (κ1) is 14.9. The summed E-state index contributed by atoms with van der Waals surface area (Å²) in [6.07, 6.45) is 3.69. The molecule has 1 amide bonds. The van der Waals surface area contributed by atoms with Crippen molar-refractivity contribution in [3.05, 3.63) is 21.9 Å². The van der Waals surface area contributed by atoms with Crippen molar-refractivity contribution in [1.82, 2.24) is 4.90 Å². The van der Waals surface area contributed by atoms with Gasteiger partial charge in [0, 0.05) is 10.6 Å². The molecule has 3 unspecified atom stereocenters. The van der Waals surface area contributed by atoms with E-state index in [1.807, 2.05) is 18.4 Å². The van der Waals surface area contributed by atoms with E-state index in [2.05, 4.69) is 0 Å². The van der Waals surface area contributed by atoms with Crippen molar-refractivity contribution in [3.63, 3.8) is 0 Å². The first-order valence-electron chi connectivity index (χ1n) is 7.36. The summed E-state index contributed by atoms with van der Waals surface area (Å²) in [6, 6.07) is 1.37. The van der Waals surface area contributed by atoms with Gasteiger partial charge in [0.1, 0.15) is 6.04 Å². The van der Waals surface area contributed by atoms with Gasteiger partial charge in [-0.2, -0.15) is 0 Å². The Bertz CT molecular complexity index is 557. The zero-order valence-electron chi connectivity index (χ0n) is 11.9. The van der Waals surface area contributed by atoms with Crippen molar-refractivity contribution in [3.8, 4) is 0 Å². The SMILES string of the molecule is CCC1SCC(C(=O)O)N1C(=O)C1CCCc2sccc21. The maximum absolute atomic E-state index is 13.0. The normalized spacial score (nSPS) is 28.4. The summed E-state index contributed by atoms with van der Waals surface area (Å²) in [5, 5.41) is 11.4. The van der Waals surface area contributed by atoms with Crippen LogP contribution in [-0.4, -0.2) is 39.1 Å². The molecule has 2 aliphatic rings. The molecule has 0 bridgehead atoms. The average molecular weight is 325 g/mol. The van der Waals surface area contributed by atoms with Crippen LogP contribution in [0.1, 0.15) is 42.5 Å². The van der Waals surface area contributed by atoms with Gasteiger partial charge in [0.25, 0.3) is 0 Å². The highest BCUT2D eigenvalue weighted by Gasteiger charge is 2.44. The molecule has 0 spiro atoms. The van der Waals surface area contributed by atoms with Crippen LogP contribution >= 0.6 is 23.1 Å². The van der Waals surface area contributed by atoms with Crippen molar-refractivity contribution in [2.45, 2.75) is 49.9 Å². The second kappa shape index (κ2) is 6.01. The van der Waals surface area contributed by atoms with Gasteiger partial charge in [0.15, 0.2) is 0 Å². The highest BCUT2D eigenvalue weighted by Crippen LogP contribution is 2.40. The summed E-state index contributed by atoms with van der Waals surface area (Å²) < 4.78 is 0. The largest absolute Gasteiger partial charge is 0.480 e. The maximum Gasteiger partial charge on any atom is 0.327 e. The predicted molar refractivity (Wildman–Crippen MR) is 84.8 cm³/mol. The molecule has 0 aromatic carbocycles. The summed E-state index contributed by atoms with van der Waals surface area (Å²) in [5.74, 6) is -0.510. The zero-order valence-corrected chi connectivity index (χ0v) is 13.6. The molecule has 2 heterocycles. The third-order valence-corrected chi connectivity index (χ3v) is 6.78. The van der Waals surface area contributed by atoms with E-state index in [1.165, 1.54) is 4.88 Å². The van der Waals surface area contributed by atoms with Gasteiger partial charge in [-0.05, 0) is 42.7 Å². The Labute approximate surface area is 132 Å². The fraction of sp³-hybridized carbons (Fsp3) is 0.600. The van der Waals surface area contributed by atoms with E-state index in [-0.39, 0.29) is 17.2 Å². The number of aryl methyl sites for hydroxylation is 1. The van der Waals surface area contributed by atoms with Crippen molar-refractivity contribution in [1.29, 1.82) is 0 Å². The monoisotopic (exact) mass is 325 g/mol. The number of carbonyl (C=O) groups is 2. The van der Waals surface area contributed by atoms with E-state index in [4.69, 9.17) is 0 Å². The molecule has 3 rings (SSSR count). The topological polar surface area (TPSA) is 57.6 Å². The number of fused-ring (bicyclic) bond motifs is 1. The third kappa shape index (κ3) is 2.59. The lowest BCUT2D eigenvalue weighted by atomic mass is 9.86. The van der Waals surface area contributed by atoms with Crippen LogP contribution in [0.4, 0.5) is 0 Å². The number of carbonyl (C=O) groups excluding carboxylic acids is 1. The molecule has 1 aromatic rings. The van der Waals surface area contributed by atoms with Gasteiger partial charge in [-0.15, -0.1) is 23.1 Å². The Morgan fingerprint density at radius 3 is 3.00 bits per heavy atom. The number of carboxylic acid groups (broad SMARTS) is 1. The average Bonchev–Trinajstić information content (AvgIpc) is 3.11. The molecule has 21 heavy (non-hydrogen) atoms. The Morgan fingerprint density at radius 2 is 2.29 bits per heavy atom. The van der Waals surface area contributed by atoms with Crippen LogP contribution in [0, 0.1) is 0 Å². The molecule has 6 heteroatoms. The quantitative estimate of drug-likeness (QED) is 0.928. The first-order valence-corrected chi connectivity index (χ1v) is 9.29. The number of thiophene rings is 1. The molecule has 1 aromatic heterocycles. The number of hydrogen-bond acceptors (Lipinski definition) is 4.